The van der Waals surface area contributed by atoms with Crippen molar-refractivity contribution in [2.75, 3.05) is 13.1 Å². The van der Waals surface area contributed by atoms with Crippen molar-refractivity contribution in [2.45, 2.75) is 32.7 Å². The molecule has 0 spiro atoms. The first-order valence-electron chi connectivity index (χ1n) is 6.69. The lowest BCUT2D eigenvalue weighted by Gasteiger charge is -2.31. The van der Waals surface area contributed by atoms with Gasteiger partial charge in [0.1, 0.15) is 0 Å². The van der Waals surface area contributed by atoms with Gasteiger partial charge >= 0.3 is 0 Å². The van der Waals surface area contributed by atoms with E-state index in [1.54, 1.807) is 12.1 Å². The number of nitrogens with two attached hydrogens (primary N) is 1. The SMILES string of the molecule is CC(C)CC(C)(CN)NC(=O)CNC(=O)c1cccs1. The summed E-state index contributed by atoms with van der Waals surface area (Å²) in [5.41, 5.74) is 5.30. The fourth-order valence-electron chi connectivity index (χ4n) is 2.12. The van der Waals surface area contributed by atoms with Crippen LogP contribution in [0, 0.1) is 5.92 Å². The summed E-state index contributed by atoms with van der Waals surface area (Å²) < 4.78 is 0. The van der Waals surface area contributed by atoms with Crippen LogP contribution in [0.1, 0.15) is 36.9 Å². The fourth-order valence-corrected chi connectivity index (χ4v) is 2.76. The maximum atomic E-state index is 11.9. The van der Waals surface area contributed by atoms with Crippen molar-refractivity contribution in [3.05, 3.63) is 22.4 Å². The minimum atomic E-state index is -0.432. The van der Waals surface area contributed by atoms with Gasteiger partial charge in [0.25, 0.3) is 5.91 Å². The second-order valence-corrected chi connectivity index (χ2v) is 6.52. The van der Waals surface area contributed by atoms with Gasteiger partial charge in [-0.15, -0.1) is 11.3 Å². The Morgan fingerprint density at radius 1 is 1.45 bits per heavy atom. The maximum Gasteiger partial charge on any atom is 0.261 e. The van der Waals surface area contributed by atoms with E-state index in [1.807, 2.05) is 12.3 Å². The summed E-state index contributed by atoms with van der Waals surface area (Å²) in [5.74, 6) is -0.0125. The molecule has 1 atom stereocenters. The molecule has 0 saturated heterocycles. The number of hydrogen-bond acceptors (Lipinski definition) is 4. The van der Waals surface area contributed by atoms with Crippen molar-refractivity contribution in [1.29, 1.82) is 0 Å². The Kier molecular flexibility index (Phi) is 6.16. The third-order valence-corrected chi connectivity index (χ3v) is 3.77. The molecule has 1 unspecified atom stereocenters. The van der Waals surface area contributed by atoms with Gasteiger partial charge in [0.2, 0.25) is 5.91 Å². The molecule has 2 amide bonds. The van der Waals surface area contributed by atoms with Gasteiger partial charge in [-0.05, 0) is 30.7 Å². The topological polar surface area (TPSA) is 84.2 Å². The molecule has 0 radical (unpaired) electrons. The van der Waals surface area contributed by atoms with Crippen molar-refractivity contribution in [2.24, 2.45) is 11.7 Å². The summed E-state index contributed by atoms with van der Waals surface area (Å²) in [6.07, 6.45) is 0.800. The van der Waals surface area contributed by atoms with Crippen molar-refractivity contribution in [3.63, 3.8) is 0 Å². The van der Waals surface area contributed by atoms with E-state index in [2.05, 4.69) is 24.5 Å². The van der Waals surface area contributed by atoms with Crippen molar-refractivity contribution in [1.82, 2.24) is 10.6 Å². The van der Waals surface area contributed by atoms with E-state index in [4.69, 9.17) is 5.73 Å². The lowest BCUT2D eigenvalue weighted by Crippen LogP contribution is -2.54. The van der Waals surface area contributed by atoms with Crippen LogP contribution in [-0.2, 0) is 4.79 Å². The molecule has 1 rings (SSSR count). The minimum Gasteiger partial charge on any atom is -0.348 e. The molecule has 20 heavy (non-hydrogen) atoms. The van der Waals surface area contributed by atoms with Gasteiger partial charge in [-0.1, -0.05) is 19.9 Å². The Morgan fingerprint density at radius 2 is 2.15 bits per heavy atom. The van der Waals surface area contributed by atoms with Gasteiger partial charge in [-0.25, -0.2) is 0 Å². The molecule has 0 aliphatic heterocycles. The highest BCUT2D eigenvalue weighted by Gasteiger charge is 2.25. The Labute approximate surface area is 123 Å². The molecule has 0 aliphatic carbocycles. The van der Waals surface area contributed by atoms with E-state index in [9.17, 15) is 9.59 Å². The van der Waals surface area contributed by atoms with Gasteiger partial charge in [-0.3, -0.25) is 9.59 Å². The number of thiophene rings is 1. The van der Waals surface area contributed by atoms with Crippen molar-refractivity contribution >= 4 is 23.2 Å². The fraction of sp³-hybridized carbons (Fsp3) is 0.571. The van der Waals surface area contributed by atoms with Crippen LogP contribution in [0.3, 0.4) is 0 Å². The quantitative estimate of drug-likeness (QED) is 0.710. The number of carbonyl (C=O) groups excluding carboxylic acids is 2. The molecule has 0 fully saturated rings. The third kappa shape index (κ3) is 5.30. The number of carbonyl (C=O) groups is 2. The van der Waals surface area contributed by atoms with E-state index in [0.717, 1.165) is 6.42 Å². The van der Waals surface area contributed by atoms with Gasteiger partial charge in [0, 0.05) is 12.1 Å². The lowest BCUT2D eigenvalue weighted by atomic mass is 9.91. The van der Waals surface area contributed by atoms with Crippen molar-refractivity contribution < 1.29 is 9.59 Å². The average Bonchev–Trinajstić information content (AvgIpc) is 2.88. The monoisotopic (exact) mass is 297 g/mol. The third-order valence-electron chi connectivity index (χ3n) is 2.90. The standard InChI is InChI=1S/C14H23N3O2S/c1-10(2)7-14(3,9-15)17-12(18)8-16-13(19)11-5-4-6-20-11/h4-6,10H,7-9,15H2,1-3H3,(H,16,19)(H,17,18). The summed E-state index contributed by atoms with van der Waals surface area (Å²) in [5, 5.41) is 7.33. The van der Waals surface area contributed by atoms with Crippen LogP contribution in [-0.4, -0.2) is 30.4 Å². The second kappa shape index (κ2) is 7.40. The van der Waals surface area contributed by atoms with Crippen LogP contribution < -0.4 is 16.4 Å². The zero-order valence-corrected chi connectivity index (χ0v) is 13.0. The molecule has 0 aliphatic rings. The molecule has 1 aromatic rings. The zero-order valence-electron chi connectivity index (χ0n) is 12.2. The molecular formula is C14H23N3O2S. The Bertz CT molecular complexity index is 445. The van der Waals surface area contributed by atoms with Gasteiger partial charge in [-0.2, -0.15) is 0 Å². The van der Waals surface area contributed by atoms with E-state index in [-0.39, 0.29) is 18.4 Å². The van der Waals surface area contributed by atoms with Crippen LogP contribution in [0.5, 0.6) is 0 Å². The Hall–Kier alpha value is -1.40. The van der Waals surface area contributed by atoms with Crippen LogP contribution >= 0.6 is 11.3 Å². The average molecular weight is 297 g/mol. The highest BCUT2D eigenvalue weighted by molar-refractivity contribution is 7.12. The van der Waals surface area contributed by atoms with E-state index >= 15 is 0 Å². The smallest absolute Gasteiger partial charge is 0.261 e. The van der Waals surface area contributed by atoms with E-state index in [1.165, 1.54) is 11.3 Å². The number of nitrogens with one attached hydrogen (secondary N) is 2. The van der Waals surface area contributed by atoms with Crippen molar-refractivity contribution in [3.8, 4) is 0 Å². The summed E-state index contributed by atoms with van der Waals surface area (Å²) in [6, 6.07) is 3.52. The summed E-state index contributed by atoms with van der Waals surface area (Å²) in [4.78, 5) is 24.2. The molecule has 4 N–H and O–H groups in total. The number of rotatable bonds is 7. The molecule has 0 bridgehead atoms. The predicted molar refractivity (Wildman–Crippen MR) is 81.7 cm³/mol. The summed E-state index contributed by atoms with van der Waals surface area (Å²) in [6.45, 7) is 6.42. The predicted octanol–water partition coefficient (Wildman–Crippen LogP) is 1.36. The number of amides is 2. The molecule has 0 saturated carbocycles. The first kappa shape index (κ1) is 16.7. The molecule has 1 aromatic heterocycles. The molecule has 112 valence electrons. The van der Waals surface area contributed by atoms with Crippen LogP contribution in [0.2, 0.25) is 0 Å². The Balaban J connectivity index is 2.44. The lowest BCUT2D eigenvalue weighted by molar-refractivity contribution is -0.121. The first-order chi connectivity index (χ1) is 9.36. The molecule has 5 nitrogen and oxygen atoms in total. The van der Waals surface area contributed by atoms with Crippen LogP contribution in [0.4, 0.5) is 0 Å². The maximum absolute atomic E-state index is 11.9. The summed E-state index contributed by atoms with van der Waals surface area (Å²) in [7, 11) is 0. The second-order valence-electron chi connectivity index (χ2n) is 5.57. The summed E-state index contributed by atoms with van der Waals surface area (Å²) >= 11 is 1.35. The zero-order chi connectivity index (χ0) is 15.2. The minimum absolute atomic E-state index is 0.0373. The largest absolute Gasteiger partial charge is 0.348 e. The van der Waals surface area contributed by atoms with Gasteiger partial charge < -0.3 is 16.4 Å². The molecule has 6 heteroatoms. The molecule has 1 heterocycles. The number of hydrogen-bond donors (Lipinski definition) is 3. The molecule has 0 aromatic carbocycles. The van der Waals surface area contributed by atoms with Gasteiger partial charge in [0.15, 0.2) is 0 Å². The van der Waals surface area contributed by atoms with Crippen LogP contribution in [0.15, 0.2) is 17.5 Å². The highest BCUT2D eigenvalue weighted by atomic mass is 32.1. The Morgan fingerprint density at radius 3 is 2.65 bits per heavy atom. The van der Waals surface area contributed by atoms with E-state index in [0.29, 0.717) is 17.3 Å². The van der Waals surface area contributed by atoms with Crippen LogP contribution in [0.25, 0.3) is 0 Å². The highest BCUT2D eigenvalue weighted by Crippen LogP contribution is 2.15. The van der Waals surface area contributed by atoms with E-state index < -0.39 is 5.54 Å². The molecular weight excluding hydrogens is 274 g/mol. The normalized spacial score (nSPS) is 13.8. The van der Waals surface area contributed by atoms with Gasteiger partial charge in [0.05, 0.1) is 11.4 Å². The first-order valence-corrected chi connectivity index (χ1v) is 7.57.